The van der Waals surface area contributed by atoms with Crippen LogP contribution < -0.4 is 5.32 Å². The van der Waals surface area contributed by atoms with Gasteiger partial charge in [-0.15, -0.1) is 0 Å². The summed E-state index contributed by atoms with van der Waals surface area (Å²) in [5.41, 5.74) is 1.85. The first kappa shape index (κ1) is 13.6. The highest BCUT2D eigenvalue weighted by atomic mass is 16.3. The van der Waals surface area contributed by atoms with Gasteiger partial charge < -0.3 is 10.4 Å². The van der Waals surface area contributed by atoms with Gasteiger partial charge in [0, 0.05) is 6.08 Å². The summed E-state index contributed by atoms with van der Waals surface area (Å²) < 4.78 is 0. The minimum Gasteiger partial charge on any atom is -0.394 e. The second-order valence-electron chi connectivity index (χ2n) is 4.93. The molecular formula is C16H19NO2. The Bertz CT molecular complexity index is 492. The van der Waals surface area contributed by atoms with Gasteiger partial charge >= 0.3 is 0 Å². The highest BCUT2D eigenvalue weighted by Gasteiger charge is 2.37. The van der Waals surface area contributed by atoms with Gasteiger partial charge in [0.05, 0.1) is 12.1 Å². The maximum absolute atomic E-state index is 11.8. The number of aliphatic hydroxyl groups excluding tert-OH is 1. The third-order valence-electron chi connectivity index (χ3n) is 3.42. The molecule has 0 bridgehead atoms. The number of carbonyl (C=O) groups is 1. The molecule has 3 heteroatoms. The van der Waals surface area contributed by atoms with Crippen molar-refractivity contribution < 1.29 is 9.90 Å². The van der Waals surface area contributed by atoms with Crippen LogP contribution in [0.5, 0.6) is 0 Å². The van der Waals surface area contributed by atoms with E-state index in [1.54, 1.807) is 12.2 Å². The fourth-order valence-corrected chi connectivity index (χ4v) is 2.49. The van der Waals surface area contributed by atoms with Crippen molar-refractivity contribution in [2.45, 2.75) is 25.3 Å². The normalized spacial score (nSPS) is 16.9. The third kappa shape index (κ3) is 3.12. The molecule has 1 aliphatic carbocycles. The molecule has 0 saturated heterocycles. The van der Waals surface area contributed by atoms with Crippen molar-refractivity contribution in [1.82, 2.24) is 5.32 Å². The van der Waals surface area contributed by atoms with E-state index in [2.05, 4.69) is 17.4 Å². The predicted octanol–water partition coefficient (Wildman–Crippen LogP) is 1.76. The molecule has 0 atom stereocenters. The first-order chi connectivity index (χ1) is 9.19. The molecule has 0 aliphatic heterocycles. The van der Waals surface area contributed by atoms with Crippen molar-refractivity contribution in [3.8, 4) is 0 Å². The van der Waals surface area contributed by atoms with Crippen molar-refractivity contribution in [2.75, 3.05) is 6.61 Å². The molecule has 0 saturated carbocycles. The van der Waals surface area contributed by atoms with Gasteiger partial charge in [-0.2, -0.15) is 0 Å². The van der Waals surface area contributed by atoms with Gasteiger partial charge in [0.1, 0.15) is 0 Å². The average Bonchev–Trinajstić information content (AvgIpc) is 2.77. The van der Waals surface area contributed by atoms with Crippen LogP contribution in [0, 0.1) is 0 Å². The number of hydrogen-bond donors (Lipinski definition) is 2. The topological polar surface area (TPSA) is 49.3 Å². The molecule has 3 nitrogen and oxygen atoms in total. The maximum atomic E-state index is 11.8. The SMILES string of the molecule is C/C=C/C=C/C(=O)NC1(CO)Cc2ccccc2C1. The minimum atomic E-state index is -0.555. The molecule has 0 aromatic heterocycles. The fourth-order valence-electron chi connectivity index (χ4n) is 2.49. The van der Waals surface area contributed by atoms with Crippen LogP contribution in [-0.2, 0) is 17.6 Å². The summed E-state index contributed by atoms with van der Waals surface area (Å²) in [5, 5.41) is 12.6. The zero-order valence-electron chi connectivity index (χ0n) is 11.1. The molecule has 0 unspecified atom stereocenters. The van der Waals surface area contributed by atoms with Crippen molar-refractivity contribution in [1.29, 1.82) is 0 Å². The van der Waals surface area contributed by atoms with Crippen LogP contribution in [-0.4, -0.2) is 23.2 Å². The first-order valence-corrected chi connectivity index (χ1v) is 6.48. The summed E-state index contributed by atoms with van der Waals surface area (Å²) in [5.74, 6) is -0.167. The van der Waals surface area contributed by atoms with E-state index in [0.29, 0.717) is 12.8 Å². The van der Waals surface area contributed by atoms with Crippen LogP contribution in [0.25, 0.3) is 0 Å². The Hall–Kier alpha value is -1.87. The molecule has 1 amide bonds. The maximum Gasteiger partial charge on any atom is 0.244 e. The molecule has 0 fully saturated rings. The summed E-state index contributed by atoms with van der Waals surface area (Å²) >= 11 is 0. The van der Waals surface area contributed by atoms with E-state index in [1.807, 2.05) is 25.1 Å². The number of carbonyl (C=O) groups excluding carboxylic acids is 1. The standard InChI is InChI=1S/C16H19NO2/c1-2-3-4-9-15(19)17-16(12-18)10-13-7-5-6-8-14(13)11-16/h2-9,18H,10-12H2,1H3,(H,17,19)/b3-2+,9-4+. The van der Waals surface area contributed by atoms with Gasteiger partial charge in [0.15, 0.2) is 0 Å². The molecule has 0 heterocycles. The lowest BCUT2D eigenvalue weighted by molar-refractivity contribution is -0.118. The molecule has 1 aromatic rings. The molecular weight excluding hydrogens is 238 g/mol. The van der Waals surface area contributed by atoms with E-state index < -0.39 is 5.54 Å². The molecule has 2 rings (SSSR count). The number of fused-ring (bicyclic) bond motifs is 1. The Kier molecular flexibility index (Phi) is 4.17. The highest BCUT2D eigenvalue weighted by Crippen LogP contribution is 2.29. The Balaban J connectivity index is 2.08. The van der Waals surface area contributed by atoms with Crippen molar-refractivity contribution >= 4 is 5.91 Å². The average molecular weight is 257 g/mol. The molecule has 100 valence electrons. The second kappa shape index (κ2) is 5.85. The molecule has 19 heavy (non-hydrogen) atoms. The molecule has 0 radical (unpaired) electrons. The van der Waals surface area contributed by atoms with Crippen LogP contribution in [0.1, 0.15) is 18.1 Å². The monoisotopic (exact) mass is 257 g/mol. The first-order valence-electron chi connectivity index (χ1n) is 6.48. The van der Waals surface area contributed by atoms with Gasteiger partial charge in [0.2, 0.25) is 5.91 Å². The van der Waals surface area contributed by atoms with Gasteiger partial charge in [-0.05, 0) is 30.9 Å². The number of rotatable bonds is 4. The van der Waals surface area contributed by atoms with Crippen molar-refractivity contribution in [2.24, 2.45) is 0 Å². The number of hydrogen-bond acceptors (Lipinski definition) is 2. The summed E-state index contributed by atoms with van der Waals surface area (Å²) in [6.45, 7) is 1.84. The summed E-state index contributed by atoms with van der Waals surface area (Å²) in [6.07, 6.45) is 8.21. The molecule has 0 spiro atoms. The predicted molar refractivity (Wildman–Crippen MR) is 75.8 cm³/mol. The quantitative estimate of drug-likeness (QED) is 0.638. The summed E-state index contributed by atoms with van der Waals surface area (Å²) in [4.78, 5) is 11.8. The van der Waals surface area contributed by atoms with Crippen LogP contribution in [0.2, 0.25) is 0 Å². The van der Waals surface area contributed by atoms with E-state index in [0.717, 1.165) is 0 Å². The van der Waals surface area contributed by atoms with Gasteiger partial charge in [0.25, 0.3) is 0 Å². The van der Waals surface area contributed by atoms with Gasteiger partial charge in [-0.1, -0.05) is 42.5 Å². The number of amides is 1. The third-order valence-corrected chi connectivity index (χ3v) is 3.42. The van der Waals surface area contributed by atoms with Crippen LogP contribution in [0.4, 0.5) is 0 Å². The number of allylic oxidation sites excluding steroid dienone is 3. The fraction of sp³-hybridized carbons (Fsp3) is 0.312. The van der Waals surface area contributed by atoms with E-state index >= 15 is 0 Å². The van der Waals surface area contributed by atoms with Crippen molar-refractivity contribution in [3.63, 3.8) is 0 Å². The van der Waals surface area contributed by atoms with Gasteiger partial charge in [-0.25, -0.2) is 0 Å². The Morgan fingerprint density at radius 1 is 1.32 bits per heavy atom. The Labute approximate surface area is 113 Å². The number of benzene rings is 1. The zero-order chi connectivity index (χ0) is 13.7. The van der Waals surface area contributed by atoms with Crippen molar-refractivity contribution in [3.05, 3.63) is 59.7 Å². The summed E-state index contributed by atoms with van der Waals surface area (Å²) in [6, 6.07) is 8.07. The van der Waals surface area contributed by atoms with Crippen LogP contribution in [0.3, 0.4) is 0 Å². The molecule has 1 aromatic carbocycles. The van der Waals surface area contributed by atoms with E-state index in [-0.39, 0.29) is 12.5 Å². The highest BCUT2D eigenvalue weighted by molar-refractivity contribution is 5.88. The molecule has 1 aliphatic rings. The second-order valence-corrected chi connectivity index (χ2v) is 4.93. The number of aliphatic hydroxyl groups is 1. The van der Waals surface area contributed by atoms with E-state index in [9.17, 15) is 9.90 Å². The smallest absolute Gasteiger partial charge is 0.244 e. The van der Waals surface area contributed by atoms with Crippen LogP contribution in [0.15, 0.2) is 48.6 Å². The molecule has 2 N–H and O–H groups in total. The Morgan fingerprint density at radius 2 is 1.95 bits per heavy atom. The lowest BCUT2D eigenvalue weighted by Crippen LogP contribution is -2.51. The van der Waals surface area contributed by atoms with Crippen LogP contribution >= 0.6 is 0 Å². The van der Waals surface area contributed by atoms with E-state index in [1.165, 1.54) is 17.2 Å². The lowest BCUT2D eigenvalue weighted by Gasteiger charge is -2.27. The minimum absolute atomic E-state index is 0.0507. The zero-order valence-corrected chi connectivity index (χ0v) is 11.1. The largest absolute Gasteiger partial charge is 0.394 e. The summed E-state index contributed by atoms with van der Waals surface area (Å²) in [7, 11) is 0. The number of nitrogens with one attached hydrogen (secondary N) is 1. The Morgan fingerprint density at radius 3 is 2.47 bits per heavy atom. The van der Waals surface area contributed by atoms with Gasteiger partial charge in [-0.3, -0.25) is 4.79 Å². The lowest BCUT2D eigenvalue weighted by atomic mass is 9.96. The van der Waals surface area contributed by atoms with E-state index in [4.69, 9.17) is 0 Å².